The maximum Gasteiger partial charge on any atom is 0.287 e. The van der Waals surface area contributed by atoms with Crippen molar-refractivity contribution in [2.75, 3.05) is 6.54 Å². The summed E-state index contributed by atoms with van der Waals surface area (Å²) in [4.78, 5) is 16.2. The molecule has 0 spiro atoms. The van der Waals surface area contributed by atoms with Gasteiger partial charge >= 0.3 is 0 Å². The molecule has 3 rings (SSSR count). The number of amides is 1. The summed E-state index contributed by atoms with van der Waals surface area (Å²) in [6, 6.07) is 14.6. The number of nitrogens with zero attached hydrogens (tertiary/aromatic N) is 1. The summed E-state index contributed by atoms with van der Waals surface area (Å²) in [6.45, 7) is 0.520. The van der Waals surface area contributed by atoms with E-state index in [1.54, 1.807) is 30.6 Å². The lowest BCUT2D eigenvalue weighted by molar-refractivity contribution is 0.0927. The Morgan fingerprint density at radius 3 is 2.78 bits per heavy atom. The van der Waals surface area contributed by atoms with Gasteiger partial charge in [-0.15, -0.1) is 0 Å². The first-order valence-electron chi connectivity index (χ1n) is 7.26. The molecule has 0 unspecified atom stereocenters. The van der Waals surface area contributed by atoms with Crippen LogP contribution in [-0.4, -0.2) is 17.4 Å². The Hall–Kier alpha value is -2.59. The van der Waals surface area contributed by atoms with E-state index in [0.29, 0.717) is 17.3 Å². The quantitative estimate of drug-likeness (QED) is 0.772. The molecule has 0 saturated carbocycles. The fourth-order valence-electron chi connectivity index (χ4n) is 2.22. The molecule has 2 heterocycles. The smallest absolute Gasteiger partial charge is 0.287 e. The largest absolute Gasteiger partial charge is 0.451 e. The molecule has 5 heteroatoms. The first kappa shape index (κ1) is 15.3. The second kappa shape index (κ2) is 7.11. The SMILES string of the molecule is O=C(NCCc1cccnc1)c1ccc(-c2ccccc2Cl)o1. The fourth-order valence-corrected chi connectivity index (χ4v) is 2.45. The molecule has 3 aromatic rings. The molecule has 0 aliphatic heterocycles. The van der Waals surface area contributed by atoms with Gasteiger partial charge in [-0.2, -0.15) is 0 Å². The first-order valence-corrected chi connectivity index (χ1v) is 7.63. The lowest BCUT2D eigenvalue weighted by atomic mass is 10.2. The number of rotatable bonds is 5. The van der Waals surface area contributed by atoms with Crippen LogP contribution in [0, 0.1) is 0 Å². The van der Waals surface area contributed by atoms with Gasteiger partial charge in [-0.1, -0.05) is 29.8 Å². The van der Waals surface area contributed by atoms with Gasteiger partial charge in [0.05, 0.1) is 5.02 Å². The van der Waals surface area contributed by atoms with Crippen molar-refractivity contribution in [2.45, 2.75) is 6.42 Å². The predicted octanol–water partition coefficient (Wildman–Crippen LogP) is 3.97. The first-order chi connectivity index (χ1) is 11.2. The Labute approximate surface area is 139 Å². The van der Waals surface area contributed by atoms with Crippen LogP contribution in [-0.2, 0) is 6.42 Å². The average molecular weight is 327 g/mol. The molecular formula is C18H15ClN2O2. The highest BCUT2D eigenvalue weighted by Gasteiger charge is 2.13. The van der Waals surface area contributed by atoms with Crippen LogP contribution in [0.4, 0.5) is 0 Å². The van der Waals surface area contributed by atoms with E-state index < -0.39 is 0 Å². The maximum absolute atomic E-state index is 12.1. The van der Waals surface area contributed by atoms with Gasteiger partial charge in [-0.25, -0.2) is 0 Å². The molecule has 0 fully saturated rings. The van der Waals surface area contributed by atoms with E-state index in [1.165, 1.54) is 0 Å². The number of aromatic nitrogens is 1. The van der Waals surface area contributed by atoms with Crippen molar-refractivity contribution in [3.63, 3.8) is 0 Å². The Bertz CT molecular complexity index is 800. The van der Waals surface area contributed by atoms with E-state index in [0.717, 1.165) is 17.5 Å². The average Bonchev–Trinajstić information content (AvgIpc) is 3.06. The van der Waals surface area contributed by atoms with E-state index in [-0.39, 0.29) is 11.7 Å². The Morgan fingerprint density at radius 2 is 2.00 bits per heavy atom. The summed E-state index contributed by atoms with van der Waals surface area (Å²) in [5, 5.41) is 3.42. The zero-order valence-electron chi connectivity index (χ0n) is 12.3. The summed E-state index contributed by atoms with van der Waals surface area (Å²) in [6.07, 6.45) is 4.23. The van der Waals surface area contributed by atoms with Gasteiger partial charge in [-0.05, 0) is 42.3 Å². The van der Waals surface area contributed by atoms with Crippen molar-refractivity contribution in [3.05, 3.63) is 77.3 Å². The van der Waals surface area contributed by atoms with E-state index in [9.17, 15) is 4.79 Å². The molecule has 116 valence electrons. The lowest BCUT2D eigenvalue weighted by Gasteiger charge is -2.03. The van der Waals surface area contributed by atoms with Crippen molar-refractivity contribution in [1.82, 2.24) is 10.3 Å². The molecule has 2 aromatic heterocycles. The number of furan rings is 1. The number of hydrogen-bond donors (Lipinski definition) is 1. The number of hydrogen-bond acceptors (Lipinski definition) is 3. The molecule has 0 aliphatic rings. The summed E-state index contributed by atoms with van der Waals surface area (Å²) in [5.74, 6) is 0.603. The van der Waals surface area contributed by atoms with Crippen LogP contribution in [0.15, 0.2) is 65.3 Å². The monoisotopic (exact) mass is 326 g/mol. The van der Waals surface area contributed by atoms with E-state index >= 15 is 0 Å². The van der Waals surface area contributed by atoms with Gasteiger partial charge in [-0.3, -0.25) is 9.78 Å². The number of pyridine rings is 1. The van der Waals surface area contributed by atoms with Crippen molar-refractivity contribution in [2.24, 2.45) is 0 Å². The zero-order chi connectivity index (χ0) is 16.1. The van der Waals surface area contributed by atoms with E-state index in [1.807, 2.05) is 30.3 Å². The number of carbonyl (C=O) groups excluding carboxylic acids is 1. The van der Waals surface area contributed by atoms with Crippen LogP contribution in [0.1, 0.15) is 16.1 Å². The third kappa shape index (κ3) is 3.79. The highest BCUT2D eigenvalue weighted by molar-refractivity contribution is 6.33. The molecule has 0 aliphatic carbocycles. The van der Waals surface area contributed by atoms with Crippen LogP contribution in [0.25, 0.3) is 11.3 Å². The van der Waals surface area contributed by atoms with Crippen LogP contribution in [0.2, 0.25) is 5.02 Å². The second-order valence-electron chi connectivity index (χ2n) is 5.01. The molecule has 0 atom stereocenters. The predicted molar refractivity (Wildman–Crippen MR) is 89.4 cm³/mol. The molecule has 1 aromatic carbocycles. The van der Waals surface area contributed by atoms with E-state index in [2.05, 4.69) is 10.3 Å². The third-order valence-electron chi connectivity index (χ3n) is 3.39. The van der Waals surface area contributed by atoms with Crippen molar-refractivity contribution in [1.29, 1.82) is 0 Å². The minimum atomic E-state index is -0.243. The number of benzene rings is 1. The van der Waals surface area contributed by atoms with Gasteiger partial charge in [0, 0.05) is 24.5 Å². The normalized spacial score (nSPS) is 10.5. The standard InChI is InChI=1S/C18H15ClN2O2/c19-15-6-2-1-5-14(15)16-7-8-17(23-16)18(22)21-11-9-13-4-3-10-20-12-13/h1-8,10,12H,9,11H2,(H,21,22). The lowest BCUT2D eigenvalue weighted by Crippen LogP contribution is -2.25. The fraction of sp³-hybridized carbons (Fsp3) is 0.111. The zero-order valence-corrected chi connectivity index (χ0v) is 13.1. The molecule has 0 bridgehead atoms. The van der Waals surface area contributed by atoms with Gasteiger partial charge in [0.25, 0.3) is 5.91 Å². The van der Waals surface area contributed by atoms with Gasteiger partial charge in [0.2, 0.25) is 0 Å². The van der Waals surface area contributed by atoms with Crippen LogP contribution in [0.5, 0.6) is 0 Å². The minimum Gasteiger partial charge on any atom is -0.451 e. The molecule has 1 N–H and O–H groups in total. The van der Waals surface area contributed by atoms with Gasteiger partial charge < -0.3 is 9.73 Å². The molecule has 4 nitrogen and oxygen atoms in total. The van der Waals surface area contributed by atoms with Gasteiger partial charge in [0.15, 0.2) is 5.76 Å². The van der Waals surface area contributed by atoms with Crippen molar-refractivity contribution < 1.29 is 9.21 Å². The van der Waals surface area contributed by atoms with Crippen LogP contribution in [0.3, 0.4) is 0 Å². The molecule has 0 saturated heterocycles. The van der Waals surface area contributed by atoms with Crippen LogP contribution < -0.4 is 5.32 Å². The van der Waals surface area contributed by atoms with Crippen molar-refractivity contribution in [3.8, 4) is 11.3 Å². The topological polar surface area (TPSA) is 55.1 Å². The summed E-state index contributed by atoms with van der Waals surface area (Å²) < 4.78 is 5.61. The third-order valence-corrected chi connectivity index (χ3v) is 3.72. The van der Waals surface area contributed by atoms with Crippen LogP contribution >= 0.6 is 11.6 Å². The Kier molecular flexibility index (Phi) is 4.74. The molecule has 1 amide bonds. The number of carbonyl (C=O) groups is 1. The maximum atomic E-state index is 12.1. The minimum absolute atomic E-state index is 0.243. The molecule has 23 heavy (non-hydrogen) atoms. The Balaban J connectivity index is 1.62. The van der Waals surface area contributed by atoms with Crippen molar-refractivity contribution >= 4 is 17.5 Å². The molecule has 0 radical (unpaired) electrons. The summed E-state index contributed by atoms with van der Waals surface area (Å²) in [5.41, 5.74) is 1.84. The summed E-state index contributed by atoms with van der Waals surface area (Å²) in [7, 11) is 0. The number of halogens is 1. The summed E-state index contributed by atoms with van der Waals surface area (Å²) >= 11 is 6.13. The van der Waals surface area contributed by atoms with Gasteiger partial charge in [0.1, 0.15) is 5.76 Å². The highest BCUT2D eigenvalue weighted by Crippen LogP contribution is 2.28. The molecular weight excluding hydrogens is 312 g/mol. The highest BCUT2D eigenvalue weighted by atomic mass is 35.5. The Morgan fingerprint density at radius 1 is 1.13 bits per heavy atom. The number of nitrogens with one attached hydrogen (secondary N) is 1. The second-order valence-corrected chi connectivity index (χ2v) is 5.42. The van der Waals surface area contributed by atoms with E-state index in [4.69, 9.17) is 16.0 Å².